The van der Waals surface area contributed by atoms with Gasteiger partial charge in [-0.1, -0.05) is 5.16 Å². The monoisotopic (exact) mass is 407 g/mol. The molecule has 2 fully saturated rings. The van der Waals surface area contributed by atoms with Gasteiger partial charge in [0.25, 0.3) is 11.8 Å². The standard InChI is InChI=1S/C19H23F2N5O3/c1-11(7-15-23-12(2)29-25-15)22-18(27)17-14(26-9-19(20,21)10-26)5-6-16(24-17)28-8-13-3-4-13/h5-6,11,13H,3-4,7-10H2,1-2H3,(H,22,27). The zero-order valence-electron chi connectivity index (χ0n) is 16.3. The van der Waals surface area contributed by atoms with Gasteiger partial charge in [0.05, 0.1) is 25.4 Å². The highest BCUT2D eigenvalue weighted by molar-refractivity contribution is 5.98. The van der Waals surface area contributed by atoms with Gasteiger partial charge in [0.2, 0.25) is 11.8 Å². The lowest BCUT2D eigenvalue weighted by Gasteiger charge is -2.40. The van der Waals surface area contributed by atoms with Gasteiger partial charge >= 0.3 is 0 Å². The quantitative estimate of drug-likeness (QED) is 0.718. The lowest BCUT2D eigenvalue weighted by Crippen LogP contribution is -2.57. The van der Waals surface area contributed by atoms with Gasteiger partial charge in [-0.3, -0.25) is 4.79 Å². The third-order valence-corrected chi connectivity index (χ3v) is 4.85. The molecule has 29 heavy (non-hydrogen) atoms. The van der Waals surface area contributed by atoms with Crippen LogP contribution in [0.1, 0.15) is 42.0 Å². The van der Waals surface area contributed by atoms with Crippen molar-refractivity contribution in [1.82, 2.24) is 20.4 Å². The average molecular weight is 407 g/mol. The first-order valence-electron chi connectivity index (χ1n) is 9.66. The number of nitrogens with zero attached hydrogens (tertiary/aromatic N) is 4. The van der Waals surface area contributed by atoms with E-state index in [1.807, 2.05) is 0 Å². The van der Waals surface area contributed by atoms with E-state index in [1.54, 1.807) is 26.0 Å². The first-order chi connectivity index (χ1) is 13.8. The van der Waals surface area contributed by atoms with Crippen molar-refractivity contribution >= 4 is 11.6 Å². The number of hydrogen-bond acceptors (Lipinski definition) is 7. The molecule has 1 aliphatic heterocycles. The van der Waals surface area contributed by atoms with Crippen LogP contribution in [0.4, 0.5) is 14.5 Å². The van der Waals surface area contributed by atoms with Gasteiger partial charge < -0.3 is 19.5 Å². The summed E-state index contributed by atoms with van der Waals surface area (Å²) >= 11 is 0. The van der Waals surface area contributed by atoms with Gasteiger partial charge in [-0.15, -0.1) is 0 Å². The predicted octanol–water partition coefficient (Wildman–Crippen LogP) is 2.38. The second-order valence-electron chi connectivity index (χ2n) is 7.79. The summed E-state index contributed by atoms with van der Waals surface area (Å²) in [4.78, 5) is 22.8. The number of alkyl halides is 2. The molecule has 4 rings (SSSR count). The minimum atomic E-state index is -2.75. The summed E-state index contributed by atoms with van der Waals surface area (Å²) in [5, 5.41) is 6.65. The van der Waals surface area contributed by atoms with Crippen molar-refractivity contribution in [3.63, 3.8) is 0 Å². The molecule has 0 bridgehead atoms. The molecular weight excluding hydrogens is 384 g/mol. The molecule has 2 aromatic rings. The molecule has 156 valence electrons. The molecule has 1 saturated heterocycles. The van der Waals surface area contributed by atoms with Gasteiger partial charge in [0.1, 0.15) is 0 Å². The highest BCUT2D eigenvalue weighted by Crippen LogP contribution is 2.35. The van der Waals surface area contributed by atoms with E-state index in [0.717, 1.165) is 12.8 Å². The number of hydrogen-bond donors (Lipinski definition) is 1. The van der Waals surface area contributed by atoms with Crippen molar-refractivity contribution in [3.05, 3.63) is 29.5 Å². The molecule has 1 aliphatic carbocycles. The maximum absolute atomic E-state index is 13.3. The van der Waals surface area contributed by atoms with Crippen molar-refractivity contribution in [2.24, 2.45) is 5.92 Å². The Bertz CT molecular complexity index is 892. The average Bonchev–Trinajstić information content (AvgIpc) is 3.38. The maximum atomic E-state index is 13.3. The fraction of sp³-hybridized carbons (Fsp3) is 0.579. The SMILES string of the molecule is Cc1nc(CC(C)NC(=O)c2nc(OCC3CC3)ccc2N2CC(F)(F)C2)no1. The number of pyridine rings is 1. The molecule has 0 aromatic carbocycles. The van der Waals surface area contributed by atoms with Gasteiger partial charge in [-0.2, -0.15) is 4.98 Å². The predicted molar refractivity (Wildman–Crippen MR) is 99.3 cm³/mol. The van der Waals surface area contributed by atoms with Gasteiger partial charge in [-0.25, -0.2) is 13.8 Å². The molecule has 1 atom stereocenters. The summed E-state index contributed by atoms with van der Waals surface area (Å²) in [5.41, 5.74) is 0.444. The molecule has 0 spiro atoms. The number of halogens is 2. The summed E-state index contributed by atoms with van der Waals surface area (Å²) < 4.78 is 37.3. The summed E-state index contributed by atoms with van der Waals surface area (Å²) in [6.07, 6.45) is 2.63. The number of carbonyl (C=O) groups excluding carboxylic acids is 1. The first kappa shape index (κ1) is 19.5. The van der Waals surface area contributed by atoms with E-state index < -0.39 is 24.9 Å². The van der Waals surface area contributed by atoms with Gasteiger partial charge in [-0.05, 0) is 31.7 Å². The van der Waals surface area contributed by atoms with E-state index in [0.29, 0.717) is 42.2 Å². The van der Waals surface area contributed by atoms with Crippen LogP contribution in [-0.2, 0) is 6.42 Å². The number of nitrogens with one attached hydrogen (secondary N) is 1. The van der Waals surface area contributed by atoms with Crippen LogP contribution in [0.2, 0.25) is 0 Å². The highest BCUT2D eigenvalue weighted by Gasteiger charge is 2.45. The minimum absolute atomic E-state index is 0.0740. The van der Waals surface area contributed by atoms with Crippen LogP contribution in [0.15, 0.2) is 16.7 Å². The first-order valence-corrected chi connectivity index (χ1v) is 9.66. The van der Waals surface area contributed by atoms with Crippen molar-refractivity contribution in [3.8, 4) is 5.88 Å². The van der Waals surface area contributed by atoms with E-state index in [9.17, 15) is 13.6 Å². The number of aromatic nitrogens is 3. The number of amides is 1. The van der Waals surface area contributed by atoms with Crippen molar-refractivity contribution in [1.29, 1.82) is 0 Å². The molecular formula is C19H23F2N5O3. The maximum Gasteiger partial charge on any atom is 0.282 e. The molecule has 2 aromatic heterocycles. The van der Waals surface area contributed by atoms with Gasteiger partial charge in [0.15, 0.2) is 11.5 Å². The fourth-order valence-corrected chi connectivity index (χ4v) is 3.15. The molecule has 8 nitrogen and oxygen atoms in total. The Hall–Kier alpha value is -2.78. The van der Waals surface area contributed by atoms with E-state index in [-0.39, 0.29) is 11.7 Å². The van der Waals surface area contributed by atoms with Crippen LogP contribution < -0.4 is 15.0 Å². The second kappa shape index (κ2) is 7.57. The van der Waals surface area contributed by atoms with Crippen LogP contribution in [-0.4, -0.2) is 52.7 Å². The fourth-order valence-electron chi connectivity index (χ4n) is 3.15. The number of ether oxygens (including phenoxy) is 1. The number of anilines is 1. The Kier molecular flexibility index (Phi) is 5.10. The number of rotatable bonds is 8. The number of carbonyl (C=O) groups is 1. The van der Waals surface area contributed by atoms with Crippen LogP contribution in [0.5, 0.6) is 5.88 Å². The lowest BCUT2D eigenvalue weighted by atomic mass is 10.1. The minimum Gasteiger partial charge on any atom is -0.477 e. The van der Waals surface area contributed by atoms with E-state index in [1.165, 1.54) is 4.90 Å². The largest absolute Gasteiger partial charge is 0.477 e. The molecule has 1 N–H and O–H groups in total. The van der Waals surface area contributed by atoms with Gasteiger partial charge in [0, 0.05) is 25.5 Å². The van der Waals surface area contributed by atoms with Crippen LogP contribution in [0, 0.1) is 12.8 Å². The summed E-state index contributed by atoms with van der Waals surface area (Å²) in [6, 6.07) is 2.94. The summed E-state index contributed by atoms with van der Waals surface area (Å²) in [7, 11) is 0. The molecule has 1 saturated carbocycles. The zero-order chi connectivity index (χ0) is 20.6. The third-order valence-electron chi connectivity index (χ3n) is 4.85. The molecule has 3 heterocycles. The molecule has 1 amide bonds. The molecule has 10 heteroatoms. The van der Waals surface area contributed by atoms with E-state index in [4.69, 9.17) is 9.26 Å². The lowest BCUT2D eigenvalue weighted by molar-refractivity contribution is -0.0263. The summed E-state index contributed by atoms with van der Waals surface area (Å²) in [6.45, 7) is 3.16. The molecule has 0 radical (unpaired) electrons. The van der Waals surface area contributed by atoms with Crippen LogP contribution in [0.25, 0.3) is 0 Å². The smallest absolute Gasteiger partial charge is 0.282 e. The van der Waals surface area contributed by atoms with E-state index >= 15 is 0 Å². The second-order valence-corrected chi connectivity index (χ2v) is 7.79. The van der Waals surface area contributed by atoms with Crippen molar-refractivity contribution in [2.45, 2.75) is 45.1 Å². The Labute approximate surface area is 166 Å². The number of aryl methyl sites for hydroxylation is 1. The van der Waals surface area contributed by atoms with Crippen LogP contribution >= 0.6 is 0 Å². The zero-order valence-corrected chi connectivity index (χ0v) is 16.3. The molecule has 2 aliphatic rings. The Morgan fingerprint density at radius 3 is 2.76 bits per heavy atom. The Morgan fingerprint density at radius 2 is 2.14 bits per heavy atom. The third kappa shape index (κ3) is 4.80. The normalized spacial score (nSPS) is 18.8. The Morgan fingerprint density at radius 1 is 1.38 bits per heavy atom. The van der Waals surface area contributed by atoms with E-state index in [2.05, 4.69) is 20.4 Å². The van der Waals surface area contributed by atoms with Crippen LogP contribution in [0.3, 0.4) is 0 Å². The van der Waals surface area contributed by atoms with Crippen molar-refractivity contribution in [2.75, 3.05) is 24.6 Å². The topological polar surface area (TPSA) is 93.4 Å². The summed E-state index contributed by atoms with van der Waals surface area (Å²) in [5.74, 6) is -1.44. The highest BCUT2D eigenvalue weighted by atomic mass is 19.3. The Balaban J connectivity index is 1.48. The molecule has 1 unspecified atom stereocenters. The van der Waals surface area contributed by atoms with Crippen molar-refractivity contribution < 1.29 is 22.8 Å².